The quantitative estimate of drug-likeness (QED) is 0.875. The van der Waals surface area contributed by atoms with Gasteiger partial charge in [-0.05, 0) is 51.5 Å². The number of pyridine rings is 1. The van der Waals surface area contributed by atoms with Crippen LogP contribution in [0.15, 0.2) is 30.3 Å². The maximum absolute atomic E-state index is 13.1. The molecule has 26 heavy (non-hydrogen) atoms. The first kappa shape index (κ1) is 18.9. The maximum atomic E-state index is 13.1. The zero-order valence-corrected chi connectivity index (χ0v) is 15.2. The van der Waals surface area contributed by atoms with E-state index < -0.39 is 11.9 Å². The van der Waals surface area contributed by atoms with Crippen molar-refractivity contribution in [1.82, 2.24) is 14.8 Å². The van der Waals surface area contributed by atoms with Crippen molar-refractivity contribution in [3.8, 4) is 0 Å². The van der Waals surface area contributed by atoms with Crippen molar-refractivity contribution in [1.29, 1.82) is 0 Å². The van der Waals surface area contributed by atoms with Crippen molar-refractivity contribution >= 4 is 16.6 Å². The fraction of sp³-hybridized carbons (Fsp3) is 0.526. The van der Waals surface area contributed by atoms with Gasteiger partial charge in [-0.2, -0.15) is 13.2 Å². The van der Waals surface area contributed by atoms with Gasteiger partial charge in [-0.1, -0.05) is 24.3 Å². The normalized spacial score (nSPS) is 17.2. The van der Waals surface area contributed by atoms with E-state index in [0.29, 0.717) is 29.2 Å². The Morgan fingerprint density at radius 1 is 1.19 bits per heavy atom. The number of rotatable bonds is 5. The number of hydrogen-bond acceptors (Lipinski definition) is 4. The third-order valence-corrected chi connectivity index (χ3v) is 5.04. The standard InChI is InChI=1S/C19H25F3N4/c1-25(2)15-7-10-26(11-8-15)12-9-23-18-16-6-4-3-5-14(16)13-17(24-18)19(20,21)22/h3-6,13,15H,7-12H2,1-2H3,(H,23,24). The van der Waals surface area contributed by atoms with E-state index in [-0.39, 0.29) is 0 Å². The summed E-state index contributed by atoms with van der Waals surface area (Å²) in [6.45, 7) is 3.40. The van der Waals surface area contributed by atoms with E-state index in [0.717, 1.165) is 38.5 Å². The number of hydrogen-bond donors (Lipinski definition) is 1. The Morgan fingerprint density at radius 3 is 2.54 bits per heavy atom. The summed E-state index contributed by atoms with van der Waals surface area (Å²) in [5, 5.41) is 4.38. The molecule has 1 saturated heterocycles. The molecule has 0 saturated carbocycles. The fourth-order valence-electron chi connectivity index (χ4n) is 3.47. The minimum absolute atomic E-state index is 0.304. The smallest absolute Gasteiger partial charge is 0.368 e. The second-order valence-electron chi connectivity index (χ2n) is 7.04. The summed E-state index contributed by atoms with van der Waals surface area (Å²) in [6.07, 6.45) is -2.20. The third-order valence-electron chi connectivity index (χ3n) is 5.04. The van der Waals surface area contributed by atoms with Crippen LogP contribution in [0.3, 0.4) is 0 Å². The highest BCUT2D eigenvalue weighted by Gasteiger charge is 2.33. The molecule has 1 aliphatic heterocycles. The van der Waals surface area contributed by atoms with Gasteiger partial charge in [0.1, 0.15) is 11.5 Å². The van der Waals surface area contributed by atoms with Gasteiger partial charge in [0, 0.05) is 24.5 Å². The monoisotopic (exact) mass is 366 g/mol. The molecule has 1 aromatic carbocycles. The predicted octanol–water partition coefficient (Wildman–Crippen LogP) is 3.69. The highest BCUT2D eigenvalue weighted by molar-refractivity contribution is 5.92. The Kier molecular flexibility index (Phi) is 5.67. The second-order valence-corrected chi connectivity index (χ2v) is 7.04. The minimum Gasteiger partial charge on any atom is -0.368 e. The molecule has 0 radical (unpaired) electrons. The van der Waals surface area contributed by atoms with Crippen molar-refractivity contribution in [2.24, 2.45) is 0 Å². The molecule has 3 rings (SSSR count). The number of nitrogens with one attached hydrogen (secondary N) is 1. The van der Waals surface area contributed by atoms with Crippen LogP contribution in [-0.4, -0.2) is 61.1 Å². The van der Waals surface area contributed by atoms with E-state index >= 15 is 0 Å². The lowest BCUT2D eigenvalue weighted by Gasteiger charge is -2.35. The van der Waals surface area contributed by atoms with Crippen molar-refractivity contribution in [3.05, 3.63) is 36.0 Å². The van der Waals surface area contributed by atoms with E-state index in [1.807, 2.05) is 6.07 Å². The number of benzene rings is 1. The number of nitrogens with zero attached hydrogens (tertiary/aromatic N) is 3. The number of fused-ring (bicyclic) bond motifs is 1. The number of likely N-dealkylation sites (tertiary alicyclic amines) is 1. The summed E-state index contributed by atoms with van der Waals surface area (Å²) < 4.78 is 39.3. The van der Waals surface area contributed by atoms with E-state index in [1.165, 1.54) is 0 Å². The number of alkyl halides is 3. The molecule has 1 fully saturated rings. The second kappa shape index (κ2) is 7.80. The summed E-state index contributed by atoms with van der Waals surface area (Å²) in [7, 11) is 4.21. The molecule has 1 aliphatic rings. The zero-order valence-electron chi connectivity index (χ0n) is 15.2. The molecule has 0 aliphatic carbocycles. The number of piperidine rings is 1. The molecule has 2 aromatic rings. The lowest BCUT2D eigenvalue weighted by Crippen LogP contribution is -2.43. The Balaban J connectivity index is 1.65. The van der Waals surface area contributed by atoms with Gasteiger partial charge < -0.3 is 15.1 Å². The van der Waals surface area contributed by atoms with Gasteiger partial charge in [-0.25, -0.2) is 4.98 Å². The molecule has 1 aromatic heterocycles. The third kappa shape index (κ3) is 4.45. The molecular formula is C19H25F3N4. The van der Waals surface area contributed by atoms with Crippen LogP contribution in [0.2, 0.25) is 0 Å². The Morgan fingerprint density at radius 2 is 1.88 bits per heavy atom. The number of halogens is 3. The molecule has 0 atom stereocenters. The summed E-state index contributed by atoms with van der Waals surface area (Å²) in [5.41, 5.74) is -0.856. The first-order valence-electron chi connectivity index (χ1n) is 8.94. The molecule has 4 nitrogen and oxygen atoms in total. The van der Waals surface area contributed by atoms with Crippen LogP contribution in [0.1, 0.15) is 18.5 Å². The molecule has 0 amide bonds. The van der Waals surface area contributed by atoms with Crippen molar-refractivity contribution < 1.29 is 13.2 Å². The largest absolute Gasteiger partial charge is 0.433 e. The zero-order chi connectivity index (χ0) is 18.7. The van der Waals surface area contributed by atoms with Gasteiger partial charge in [0.05, 0.1) is 0 Å². The van der Waals surface area contributed by atoms with E-state index in [4.69, 9.17) is 0 Å². The van der Waals surface area contributed by atoms with Gasteiger partial charge >= 0.3 is 6.18 Å². The summed E-state index contributed by atoms with van der Waals surface area (Å²) in [4.78, 5) is 8.44. The predicted molar refractivity (Wildman–Crippen MR) is 98.4 cm³/mol. The van der Waals surface area contributed by atoms with Gasteiger partial charge in [-0.3, -0.25) is 0 Å². The lowest BCUT2D eigenvalue weighted by molar-refractivity contribution is -0.140. The maximum Gasteiger partial charge on any atom is 0.433 e. The minimum atomic E-state index is -4.45. The van der Waals surface area contributed by atoms with Gasteiger partial charge in [0.25, 0.3) is 0 Å². The van der Waals surface area contributed by atoms with Crippen LogP contribution in [0.5, 0.6) is 0 Å². The summed E-state index contributed by atoms with van der Waals surface area (Å²) >= 11 is 0. The van der Waals surface area contributed by atoms with Crippen LogP contribution in [0.4, 0.5) is 19.0 Å². The van der Waals surface area contributed by atoms with Gasteiger partial charge in [0.15, 0.2) is 0 Å². The molecule has 2 heterocycles. The van der Waals surface area contributed by atoms with Gasteiger partial charge in [-0.15, -0.1) is 0 Å². The molecule has 142 valence electrons. The van der Waals surface area contributed by atoms with E-state index in [1.54, 1.807) is 18.2 Å². The SMILES string of the molecule is CN(C)C1CCN(CCNc2nc(C(F)(F)F)cc3ccccc23)CC1. The first-order chi connectivity index (χ1) is 12.3. The average Bonchev–Trinajstić information content (AvgIpc) is 2.61. The van der Waals surface area contributed by atoms with Crippen LogP contribution < -0.4 is 5.32 Å². The molecule has 0 spiro atoms. The van der Waals surface area contributed by atoms with Crippen LogP contribution in [-0.2, 0) is 6.18 Å². The molecule has 7 heteroatoms. The van der Waals surface area contributed by atoms with Crippen LogP contribution >= 0.6 is 0 Å². The molecule has 1 N–H and O–H groups in total. The van der Waals surface area contributed by atoms with Crippen LogP contribution in [0.25, 0.3) is 10.8 Å². The Bertz CT molecular complexity index is 737. The van der Waals surface area contributed by atoms with Crippen molar-refractivity contribution in [2.45, 2.75) is 25.1 Å². The highest BCUT2D eigenvalue weighted by Crippen LogP contribution is 2.32. The Hall–Kier alpha value is -1.86. The van der Waals surface area contributed by atoms with Crippen molar-refractivity contribution in [3.63, 3.8) is 0 Å². The number of aromatic nitrogens is 1. The Labute approximate surface area is 152 Å². The summed E-state index contributed by atoms with van der Waals surface area (Å²) in [6, 6.07) is 8.76. The molecule has 0 bridgehead atoms. The molecule has 0 unspecified atom stereocenters. The fourth-order valence-corrected chi connectivity index (χ4v) is 3.47. The van der Waals surface area contributed by atoms with Crippen molar-refractivity contribution in [2.75, 3.05) is 45.6 Å². The number of anilines is 1. The summed E-state index contributed by atoms with van der Waals surface area (Å²) in [5.74, 6) is 0.304. The lowest BCUT2D eigenvalue weighted by atomic mass is 10.0. The first-order valence-corrected chi connectivity index (χ1v) is 8.94. The van der Waals surface area contributed by atoms with E-state index in [9.17, 15) is 13.2 Å². The average molecular weight is 366 g/mol. The van der Waals surface area contributed by atoms with E-state index in [2.05, 4.69) is 34.2 Å². The topological polar surface area (TPSA) is 31.4 Å². The van der Waals surface area contributed by atoms with Crippen LogP contribution in [0, 0.1) is 0 Å². The molecular weight excluding hydrogens is 341 g/mol. The van der Waals surface area contributed by atoms with Gasteiger partial charge in [0.2, 0.25) is 0 Å². The highest BCUT2D eigenvalue weighted by atomic mass is 19.4.